The van der Waals surface area contributed by atoms with Crippen LogP contribution in [0.1, 0.15) is 25.7 Å². The summed E-state index contributed by atoms with van der Waals surface area (Å²) < 4.78 is 0. The molecule has 1 rings (SSSR count). The molecule has 0 spiro atoms. The van der Waals surface area contributed by atoms with Gasteiger partial charge in [-0.2, -0.15) is 0 Å². The van der Waals surface area contributed by atoms with Gasteiger partial charge in [0, 0.05) is 13.2 Å². The van der Waals surface area contributed by atoms with Crippen molar-refractivity contribution < 1.29 is 9.90 Å². The van der Waals surface area contributed by atoms with Crippen molar-refractivity contribution in [1.82, 2.24) is 5.32 Å². The summed E-state index contributed by atoms with van der Waals surface area (Å²) in [5.41, 5.74) is 0. The van der Waals surface area contributed by atoms with Gasteiger partial charge in [-0.05, 0) is 24.7 Å². The van der Waals surface area contributed by atoms with Gasteiger partial charge < -0.3 is 10.4 Å². The van der Waals surface area contributed by atoms with E-state index < -0.39 is 0 Å². The van der Waals surface area contributed by atoms with Crippen molar-refractivity contribution in [3.8, 4) is 12.3 Å². The summed E-state index contributed by atoms with van der Waals surface area (Å²) in [7, 11) is 0. The Morgan fingerprint density at radius 2 is 2.21 bits per heavy atom. The molecule has 1 amide bonds. The molecular formula is C11H17NO2. The van der Waals surface area contributed by atoms with Gasteiger partial charge in [-0.3, -0.25) is 4.79 Å². The summed E-state index contributed by atoms with van der Waals surface area (Å²) in [4.78, 5) is 11.1. The zero-order valence-corrected chi connectivity index (χ0v) is 8.33. The maximum absolute atomic E-state index is 11.1. The Morgan fingerprint density at radius 1 is 1.50 bits per heavy atom. The molecule has 0 radical (unpaired) electrons. The lowest BCUT2D eigenvalue weighted by Crippen LogP contribution is -2.31. The summed E-state index contributed by atoms with van der Waals surface area (Å²) in [5.74, 6) is 3.01. The number of amides is 1. The number of aliphatic hydroxyl groups is 1. The highest BCUT2D eigenvalue weighted by Crippen LogP contribution is 2.30. The van der Waals surface area contributed by atoms with E-state index >= 15 is 0 Å². The molecule has 2 atom stereocenters. The van der Waals surface area contributed by atoms with Gasteiger partial charge in [-0.25, -0.2) is 0 Å². The van der Waals surface area contributed by atoms with Gasteiger partial charge in [-0.1, -0.05) is 12.3 Å². The summed E-state index contributed by atoms with van der Waals surface area (Å²) in [6, 6.07) is 0. The van der Waals surface area contributed by atoms with Crippen LogP contribution < -0.4 is 5.32 Å². The third-order valence-electron chi connectivity index (χ3n) is 2.88. The van der Waals surface area contributed by atoms with E-state index in [0.717, 1.165) is 19.3 Å². The highest BCUT2D eigenvalue weighted by molar-refractivity contribution is 5.78. The fourth-order valence-corrected chi connectivity index (χ4v) is 2.02. The van der Waals surface area contributed by atoms with Gasteiger partial charge in [0.25, 0.3) is 0 Å². The predicted octanol–water partition coefficient (Wildman–Crippen LogP) is 0.534. The molecule has 2 N–H and O–H groups in total. The first-order valence-corrected chi connectivity index (χ1v) is 5.09. The second-order valence-electron chi connectivity index (χ2n) is 3.82. The lowest BCUT2D eigenvalue weighted by molar-refractivity contribution is -0.120. The SMILES string of the molecule is C#CCC(=O)NCC1CCCC1CO. The number of terminal acetylenes is 1. The smallest absolute Gasteiger partial charge is 0.232 e. The largest absolute Gasteiger partial charge is 0.396 e. The molecule has 3 nitrogen and oxygen atoms in total. The third-order valence-corrected chi connectivity index (χ3v) is 2.88. The molecule has 0 aliphatic heterocycles. The normalized spacial score (nSPS) is 25.7. The molecule has 1 aliphatic carbocycles. The van der Waals surface area contributed by atoms with Gasteiger partial charge in [0.1, 0.15) is 0 Å². The average molecular weight is 195 g/mol. The number of nitrogens with one attached hydrogen (secondary N) is 1. The third kappa shape index (κ3) is 3.04. The Bertz CT molecular complexity index is 232. The van der Waals surface area contributed by atoms with Crippen molar-refractivity contribution in [2.75, 3.05) is 13.2 Å². The van der Waals surface area contributed by atoms with E-state index in [1.54, 1.807) is 0 Å². The first-order chi connectivity index (χ1) is 6.77. The van der Waals surface area contributed by atoms with E-state index in [9.17, 15) is 4.79 Å². The molecule has 1 aliphatic rings. The summed E-state index contributed by atoms with van der Waals surface area (Å²) in [6.45, 7) is 0.890. The quantitative estimate of drug-likeness (QED) is 0.643. The Kier molecular flexibility index (Phi) is 4.48. The van der Waals surface area contributed by atoms with Crippen molar-refractivity contribution in [3.05, 3.63) is 0 Å². The van der Waals surface area contributed by atoms with Crippen LogP contribution >= 0.6 is 0 Å². The van der Waals surface area contributed by atoms with E-state index in [-0.39, 0.29) is 18.9 Å². The molecule has 1 saturated carbocycles. The second kappa shape index (κ2) is 5.66. The molecule has 0 saturated heterocycles. The predicted molar refractivity (Wildman–Crippen MR) is 54.4 cm³/mol. The highest BCUT2D eigenvalue weighted by atomic mass is 16.3. The molecule has 0 bridgehead atoms. The van der Waals surface area contributed by atoms with Crippen LogP contribution in [0.2, 0.25) is 0 Å². The summed E-state index contributed by atoms with van der Waals surface area (Å²) in [5, 5.41) is 11.9. The van der Waals surface area contributed by atoms with Gasteiger partial charge in [0.15, 0.2) is 0 Å². The Labute approximate surface area is 84.9 Å². The van der Waals surface area contributed by atoms with Gasteiger partial charge >= 0.3 is 0 Å². The topological polar surface area (TPSA) is 49.3 Å². The highest BCUT2D eigenvalue weighted by Gasteiger charge is 2.26. The number of hydrogen-bond acceptors (Lipinski definition) is 2. The van der Waals surface area contributed by atoms with Gasteiger partial charge in [0.05, 0.1) is 6.42 Å². The minimum atomic E-state index is -0.0870. The van der Waals surface area contributed by atoms with E-state index in [1.807, 2.05) is 0 Å². The van der Waals surface area contributed by atoms with Crippen LogP contribution in [0.3, 0.4) is 0 Å². The van der Waals surface area contributed by atoms with Crippen LogP contribution in [0.4, 0.5) is 0 Å². The lowest BCUT2D eigenvalue weighted by atomic mass is 9.97. The maximum Gasteiger partial charge on any atom is 0.232 e. The Morgan fingerprint density at radius 3 is 2.86 bits per heavy atom. The van der Waals surface area contributed by atoms with Crippen molar-refractivity contribution >= 4 is 5.91 Å². The molecule has 14 heavy (non-hydrogen) atoms. The summed E-state index contributed by atoms with van der Waals surface area (Å²) >= 11 is 0. The number of carbonyl (C=O) groups excluding carboxylic acids is 1. The van der Waals surface area contributed by atoms with Crippen molar-refractivity contribution in [1.29, 1.82) is 0 Å². The molecule has 0 aromatic heterocycles. The van der Waals surface area contributed by atoms with Crippen molar-refractivity contribution in [2.24, 2.45) is 11.8 Å². The number of aliphatic hydroxyl groups excluding tert-OH is 1. The molecule has 2 unspecified atom stereocenters. The van der Waals surface area contributed by atoms with E-state index in [2.05, 4.69) is 11.2 Å². The first-order valence-electron chi connectivity index (χ1n) is 5.09. The van der Waals surface area contributed by atoms with Crippen LogP contribution in [-0.2, 0) is 4.79 Å². The second-order valence-corrected chi connectivity index (χ2v) is 3.82. The Hall–Kier alpha value is -1.01. The van der Waals surface area contributed by atoms with Crippen LogP contribution in [0.25, 0.3) is 0 Å². The molecule has 1 fully saturated rings. The maximum atomic E-state index is 11.1. The van der Waals surface area contributed by atoms with E-state index in [1.165, 1.54) is 0 Å². The average Bonchev–Trinajstić information content (AvgIpc) is 2.62. The summed E-state index contributed by atoms with van der Waals surface area (Å²) in [6.07, 6.45) is 8.49. The molecular weight excluding hydrogens is 178 g/mol. The van der Waals surface area contributed by atoms with Crippen LogP contribution in [0.15, 0.2) is 0 Å². The number of carbonyl (C=O) groups is 1. The van der Waals surface area contributed by atoms with E-state index in [4.69, 9.17) is 11.5 Å². The zero-order chi connectivity index (χ0) is 10.4. The Balaban J connectivity index is 2.24. The molecule has 3 heteroatoms. The lowest BCUT2D eigenvalue weighted by Gasteiger charge is -2.17. The fraction of sp³-hybridized carbons (Fsp3) is 0.727. The minimum Gasteiger partial charge on any atom is -0.396 e. The monoisotopic (exact) mass is 195 g/mol. The van der Waals surface area contributed by atoms with Crippen molar-refractivity contribution in [2.45, 2.75) is 25.7 Å². The standard InChI is InChI=1S/C11H17NO2/c1-2-4-11(14)12-7-9-5-3-6-10(9)8-13/h1,9-10,13H,3-8H2,(H,12,14). The first kappa shape index (κ1) is 11.1. The number of hydrogen-bond donors (Lipinski definition) is 2. The number of rotatable bonds is 4. The van der Waals surface area contributed by atoms with Crippen LogP contribution in [0, 0.1) is 24.2 Å². The van der Waals surface area contributed by atoms with Crippen LogP contribution in [-0.4, -0.2) is 24.2 Å². The van der Waals surface area contributed by atoms with Crippen LogP contribution in [0.5, 0.6) is 0 Å². The molecule has 0 heterocycles. The molecule has 0 aromatic rings. The van der Waals surface area contributed by atoms with Gasteiger partial charge in [-0.15, -0.1) is 6.42 Å². The van der Waals surface area contributed by atoms with Crippen molar-refractivity contribution in [3.63, 3.8) is 0 Å². The van der Waals surface area contributed by atoms with Gasteiger partial charge in [0.2, 0.25) is 5.91 Å². The molecule has 78 valence electrons. The minimum absolute atomic E-state index is 0.0870. The fourth-order valence-electron chi connectivity index (χ4n) is 2.02. The van der Waals surface area contributed by atoms with E-state index in [0.29, 0.717) is 18.4 Å². The molecule has 0 aromatic carbocycles. The zero-order valence-electron chi connectivity index (χ0n) is 8.33.